The van der Waals surface area contributed by atoms with Gasteiger partial charge in [-0.15, -0.1) is 11.8 Å². The Morgan fingerprint density at radius 3 is 2.27 bits per heavy atom. The summed E-state index contributed by atoms with van der Waals surface area (Å²) in [4.78, 5) is 1.34. The van der Waals surface area contributed by atoms with Gasteiger partial charge < -0.3 is 5.73 Å². The molecule has 0 aromatic heterocycles. The van der Waals surface area contributed by atoms with E-state index in [4.69, 9.17) is 5.73 Å². The zero-order chi connectivity index (χ0) is 11.3. The van der Waals surface area contributed by atoms with Gasteiger partial charge in [0.25, 0.3) is 0 Å². The summed E-state index contributed by atoms with van der Waals surface area (Å²) in [6.45, 7) is 6.61. The molecule has 0 bridgehead atoms. The fourth-order valence-corrected chi connectivity index (χ4v) is 2.16. The van der Waals surface area contributed by atoms with Crippen molar-refractivity contribution < 1.29 is 0 Å². The molecule has 15 heavy (non-hydrogen) atoms. The Bertz CT molecular complexity index is 279. The second-order valence-electron chi connectivity index (χ2n) is 4.29. The minimum absolute atomic E-state index is 0.189. The number of benzene rings is 1. The van der Waals surface area contributed by atoms with Crippen molar-refractivity contribution in [2.45, 2.75) is 38.1 Å². The van der Waals surface area contributed by atoms with Gasteiger partial charge in [-0.25, -0.2) is 0 Å². The molecule has 0 aliphatic heterocycles. The maximum Gasteiger partial charge on any atom is 0.0292 e. The van der Waals surface area contributed by atoms with Gasteiger partial charge in [-0.2, -0.15) is 0 Å². The Balaban J connectivity index is 2.56. The van der Waals surface area contributed by atoms with E-state index in [-0.39, 0.29) is 6.04 Å². The topological polar surface area (TPSA) is 26.0 Å². The van der Waals surface area contributed by atoms with Gasteiger partial charge in [-0.3, -0.25) is 0 Å². The second-order valence-corrected chi connectivity index (χ2v) is 5.38. The molecule has 2 heteroatoms. The Morgan fingerprint density at radius 1 is 1.20 bits per heavy atom. The summed E-state index contributed by atoms with van der Waals surface area (Å²) in [5, 5.41) is 0. The normalized spacial score (nSPS) is 13.1. The fraction of sp³-hybridized carbons (Fsp3) is 0.538. The highest BCUT2D eigenvalue weighted by Gasteiger charge is 2.03. The molecule has 1 atom stereocenters. The van der Waals surface area contributed by atoms with Crippen LogP contribution in [0.1, 0.15) is 38.8 Å². The Morgan fingerprint density at radius 2 is 1.80 bits per heavy atom. The van der Waals surface area contributed by atoms with E-state index in [1.54, 1.807) is 0 Å². The van der Waals surface area contributed by atoms with E-state index in [0.717, 1.165) is 12.3 Å². The molecule has 84 valence electrons. The lowest BCUT2D eigenvalue weighted by Crippen LogP contribution is -2.08. The lowest BCUT2D eigenvalue weighted by atomic mass is 10.1. The van der Waals surface area contributed by atoms with Crippen molar-refractivity contribution in [2.75, 3.05) is 5.75 Å². The van der Waals surface area contributed by atoms with Crippen LogP contribution in [0.25, 0.3) is 0 Å². The first-order valence-corrected chi connectivity index (χ1v) is 6.60. The summed E-state index contributed by atoms with van der Waals surface area (Å²) in [6.07, 6.45) is 0.998. The highest BCUT2D eigenvalue weighted by molar-refractivity contribution is 7.99. The number of rotatable bonds is 5. The average molecular weight is 223 g/mol. The van der Waals surface area contributed by atoms with Gasteiger partial charge in [-0.1, -0.05) is 32.9 Å². The van der Waals surface area contributed by atoms with Gasteiger partial charge in [-0.05, 0) is 30.0 Å². The maximum absolute atomic E-state index is 5.96. The van der Waals surface area contributed by atoms with Crippen molar-refractivity contribution in [3.63, 3.8) is 0 Å². The van der Waals surface area contributed by atoms with E-state index in [1.165, 1.54) is 16.2 Å². The zero-order valence-electron chi connectivity index (χ0n) is 9.86. The first kappa shape index (κ1) is 12.6. The molecule has 0 saturated heterocycles. The van der Waals surface area contributed by atoms with Crippen LogP contribution in [0.15, 0.2) is 29.2 Å². The maximum atomic E-state index is 5.96. The van der Waals surface area contributed by atoms with E-state index >= 15 is 0 Å². The van der Waals surface area contributed by atoms with Crippen LogP contribution in [0, 0.1) is 5.92 Å². The largest absolute Gasteiger partial charge is 0.324 e. The smallest absolute Gasteiger partial charge is 0.0292 e. The molecule has 2 N–H and O–H groups in total. The van der Waals surface area contributed by atoms with Gasteiger partial charge in [0.1, 0.15) is 0 Å². The number of hydrogen-bond acceptors (Lipinski definition) is 2. The number of thioether (sulfide) groups is 1. The molecule has 0 heterocycles. The van der Waals surface area contributed by atoms with Crippen molar-refractivity contribution in [1.82, 2.24) is 0 Å². The van der Waals surface area contributed by atoms with Crippen molar-refractivity contribution in [3.05, 3.63) is 29.8 Å². The van der Waals surface area contributed by atoms with Crippen LogP contribution in [0.4, 0.5) is 0 Å². The first-order valence-electron chi connectivity index (χ1n) is 5.61. The fourth-order valence-electron chi connectivity index (χ4n) is 1.31. The van der Waals surface area contributed by atoms with E-state index in [2.05, 4.69) is 45.0 Å². The standard InChI is InChI=1S/C13H21NS/c1-4-13(14)11-5-7-12(8-6-11)15-9-10(2)3/h5-8,10,13H,4,9,14H2,1-3H3/t13-/m0/s1. The van der Waals surface area contributed by atoms with Crippen LogP contribution in [0.2, 0.25) is 0 Å². The van der Waals surface area contributed by atoms with Crippen LogP contribution >= 0.6 is 11.8 Å². The summed E-state index contributed by atoms with van der Waals surface area (Å²) in [5.74, 6) is 1.92. The summed E-state index contributed by atoms with van der Waals surface area (Å²) in [6, 6.07) is 8.85. The molecule has 0 fully saturated rings. The molecular weight excluding hydrogens is 202 g/mol. The van der Waals surface area contributed by atoms with E-state index in [0.29, 0.717) is 0 Å². The van der Waals surface area contributed by atoms with Crippen molar-refractivity contribution in [1.29, 1.82) is 0 Å². The molecular formula is C13H21NS. The van der Waals surface area contributed by atoms with Gasteiger partial charge >= 0.3 is 0 Å². The molecule has 0 radical (unpaired) electrons. The monoisotopic (exact) mass is 223 g/mol. The highest BCUT2D eigenvalue weighted by Crippen LogP contribution is 2.23. The summed E-state index contributed by atoms with van der Waals surface area (Å²) in [5.41, 5.74) is 7.20. The predicted octanol–water partition coefficient (Wildman–Crippen LogP) is 3.84. The SMILES string of the molecule is CC[C@H](N)c1ccc(SCC(C)C)cc1. The van der Waals surface area contributed by atoms with E-state index < -0.39 is 0 Å². The third kappa shape index (κ3) is 4.27. The zero-order valence-corrected chi connectivity index (χ0v) is 10.7. The average Bonchev–Trinajstić information content (AvgIpc) is 2.26. The van der Waals surface area contributed by atoms with E-state index in [9.17, 15) is 0 Å². The molecule has 0 spiro atoms. The molecule has 1 aromatic carbocycles. The number of nitrogens with two attached hydrogens (primary N) is 1. The van der Waals surface area contributed by atoms with Crippen molar-refractivity contribution in [2.24, 2.45) is 11.7 Å². The first-order chi connectivity index (χ1) is 7.13. The van der Waals surface area contributed by atoms with Gasteiger partial charge in [0.05, 0.1) is 0 Å². The predicted molar refractivity (Wildman–Crippen MR) is 69.2 cm³/mol. The third-order valence-electron chi connectivity index (χ3n) is 2.33. The Labute approximate surface area is 97.4 Å². The lowest BCUT2D eigenvalue weighted by Gasteiger charge is -2.10. The molecule has 0 aliphatic carbocycles. The molecule has 0 aliphatic rings. The molecule has 0 amide bonds. The molecule has 0 unspecified atom stereocenters. The number of hydrogen-bond donors (Lipinski definition) is 1. The molecule has 1 aromatic rings. The van der Waals surface area contributed by atoms with Crippen molar-refractivity contribution in [3.8, 4) is 0 Å². The van der Waals surface area contributed by atoms with Gasteiger partial charge in [0.15, 0.2) is 0 Å². The van der Waals surface area contributed by atoms with Crippen LogP contribution in [-0.4, -0.2) is 5.75 Å². The summed E-state index contributed by atoms with van der Waals surface area (Å²) < 4.78 is 0. The summed E-state index contributed by atoms with van der Waals surface area (Å²) in [7, 11) is 0. The Hall–Kier alpha value is -0.470. The lowest BCUT2D eigenvalue weighted by molar-refractivity contribution is 0.698. The molecule has 1 rings (SSSR count). The van der Waals surface area contributed by atoms with Crippen molar-refractivity contribution >= 4 is 11.8 Å². The molecule has 1 nitrogen and oxygen atoms in total. The minimum Gasteiger partial charge on any atom is -0.324 e. The molecule has 0 saturated carbocycles. The quantitative estimate of drug-likeness (QED) is 0.767. The second kappa shape index (κ2) is 6.19. The Kier molecular flexibility index (Phi) is 5.20. The minimum atomic E-state index is 0.189. The van der Waals surface area contributed by atoms with Gasteiger partial charge in [0, 0.05) is 16.7 Å². The van der Waals surface area contributed by atoms with E-state index in [1.807, 2.05) is 11.8 Å². The van der Waals surface area contributed by atoms with Crippen LogP contribution in [-0.2, 0) is 0 Å². The van der Waals surface area contributed by atoms with Crippen LogP contribution < -0.4 is 5.73 Å². The third-order valence-corrected chi connectivity index (χ3v) is 3.77. The van der Waals surface area contributed by atoms with Crippen LogP contribution in [0.3, 0.4) is 0 Å². The van der Waals surface area contributed by atoms with Gasteiger partial charge in [0.2, 0.25) is 0 Å². The van der Waals surface area contributed by atoms with Crippen LogP contribution in [0.5, 0.6) is 0 Å². The summed E-state index contributed by atoms with van der Waals surface area (Å²) >= 11 is 1.92. The highest BCUT2D eigenvalue weighted by atomic mass is 32.2.